The van der Waals surface area contributed by atoms with E-state index in [1.165, 1.54) is 25.7 Å². The Hall–Kier alpha value is -1.25. The molecule has 1 aromatic carbocycles. The summed E-state index contributed by atoms with van der Waals surface area (Å²) in [5.74, 6) is -2.24. The van der Waals surface area contributed by atoms with Crippen LogP contribution in [0, 0.1) is 29.3 Å². The fraction of sp³-hybridized carbons (Fsp3) is 0.529. The number of hydrogen-bond acceptors (Lipinski definition) is 0. The van der Waals surface area contributed by atoms with Crippen molar-refractivity contribution >= 4 is 0 Å². The summed E-state index contributed by atoms with van der Waals surface area (Å²) >= 11 is 0. The van der Waals surface area contributed by atoms with Gasteiger partial charge in [-0.1, -0.05) is 12.2 Å². The third-order valence-electron chi connectivity index (χ3n) is 4.24. The van der Waals surface area contributed by atoms with Crippen LogP contribution in [0.15, 0.2) is 24.3 Å². The van der Waals surface area contributed by atoms with E-state index in [1.54, 1.807) is 0 Å². The smallest absolute Gasteiger partial charge is 0.194 e. The van der Waals surface area contributed by atoms with Crippen molar-refractivity contribution in [1.82, 2.24) is 0 Å². The lowest BCUT2D eigenvalue weighted by molar-refractivity contribution is 0.296. The van der Waals surface area contributed by atoms with Crippen LogP contribution in [0.25, 0.3) is 0 Å². The fourth-order valence-electron chi connectivity index (χ4n) is 3.06. The lowest BCUT2D eigenvalue weighted by atomic mass is 9.79. The van der Waals surface area contributed by atoms with Gasteiger partial charge < -0.3 is 0 Å². The van der Waals surface area contributed by atoms with Crippen molar-refractivity contribution < 1.29 is 13.2 Å². The maximum Gasteiger partial charge on any atom is 0.194 e. The van der Waals surface area contributed by atoms with Crippen molar-refractivity contribution in [3.05, 3.63) is 47.3 Å². The third-order valence-corrected chi connectivity index (χ3v) is 4.24. The Morgan fingerprint density at radius 1 is 1.05 bits per heavy atom. The SMILES string of the molecule is C/C=C/[C@H]1CC[C@H](CCc2cc(F)c(F)c(F)c2)CC1. The Balaban J connectivity index is 1.84. The van der Waals surface area contributed by atoms with E-state index in [9.17, 15) is 13.2 Å². The fourth-order valence-corrected chi connectivity index (χ4v) is 3.06. The molecule has 1 aliphatic carbocycles. The second-order valence-electron chi connectivity index (χ2n) is 5.72. The molecule has 0 saturated heterocycles. The van der Waals surface area contributed by atoms with Crippen molar-refractivity contribution in [3.8, 4) is 0 Å². The van der Waals surface area contributed by atoms with Gasteiger partial charge in [0.1, 0.15) is 0 Å². The zero-order chi connectivity index (χ0) is 14.5. The third kappa shape index (κ3) is 3.87. The number of allylic oxidation sites excluding steroid dienone is 2. The average Bonchev–Trinajstić information content (AvgIpc) is 2.44. The standard InChI is InChI=1S/C17H21F3/c1-2-3-12-4-6-13(7-5-12)8-9-14-10-15(18)17(20)16(19)11-14/h2-3,10-13H,4-9H2,1H3/b3-2+/t12-,13-. The minimum absolute atomic E-state index is 0.553. The molecule has 0 aromatic heterocycles. The maximum atomic E-state index is 13.1. The summed E-state index contributed by atoms with van der Waals surface area (Å²) in [5, 5.41) is 0. The summed E-state index contributed by atoms with van der Waals surface area (Å²) in [7, 11) is 0. The summed E-state index contributed by atoms with van der Waals surface area (Å²) in [6, 6.07) is 2.23. The lowest BCUT2D eigenvalue weighted by Gasteiger charge is -2.26. The van der Waals surface area contributed by atoms with E-state index < -0.39 is 17.5 Å². The molecule has 0 N–H and O–H groups in total. The Kier molecular flexibility index (Phi) is 5.27. The highest BCUT2D eigenvalue weighted by atomic mass is 19.2. The molecule has 0 aliphatic heterocycles. The van der Waals surface area contributed by atoms with E-state index >= 15 is 0 Å². The number of halogens is 3. The summed E-state index contributed by atoms with van der Waals surface area (Å²) < 4.78 is 39.1. The van der Waals surface area contributed by atoms with Gasteiger partial charge in [0.25, 0.3) is 0 Å². The predicted molar refractivity (Wildman–Crippen MR) is 74.9 cm³/mol. The molecule has 110 valence electrons. The Morgan fingerprint density at radius 3 is 2.20 bits per heavy atom. The monoisotopic (exact) mass is 282 g/mol. The minimum Gasteiger partial charge on any atom is -0.204 e. The highest BCUT2D eigenvalue weighted by Gasteiger charge is 2.19. The van der Waals surface area contributed by atoms with Crippen LogP contribution in [0.4, 0.5) is 13.2 Å². The molecular formula is C17H21F3. The second-order valence-corrected chi connectivity index (χ2v) is 5.72. The maximum absolute atomic E-state index is 13.1. The summed E-state index contributed by atoms with van der Waals surface area (Å²) in [4.78, 5) is 0. The molecule has 0 spiro atoms. The summed E-state index contributed by atoms with van der Waals surface area (Å²) in [5.41, 5.74) is 0.553. The number of benzene rings is 1. The molecule has 0 unspecified atom stereocenters. The molecule has 1 fully saturated rings. The van der Waals surface area contributed by atoms with E-state index in [0.717, 1.165) is 18.6 Å². The quantitative estimate of drug-likeness (QED) is 0.511. The Labute approximate surface area is 118 Å². The first kappa shape index (κ1) is 15.1. The zero-order valence-corrected chi connectivity index (χ0v) is 11.8. The van der Waals surface area contributed by atoms with Crippen LogP contribution >= 0.6 is 0 Å². The predicted octanol–water partition coefficient (Wildman–Crippen LogP) is 5.42. The van der Waals surface area contributed by atoms with Gasteiger partial charge in [-0.15, -0.1) is 0 Å². The topological polar surface area (TPSA) is 0 Å². The van der Waals surface area contributed by atoms with Crippen LogP contribution in [0.3, 0.4) is 0 Å². The van der Waals surface area contributed by atoms with Gasteiger partial charge in [-0.05, 0) is 75.0 Å². The van der Waals surface area contributed by atoms with Gasteiger partial charge >= 0.3 is 0 Å². The largest absolute Gasteiger partial charge is 0.204 e. The van der Waals surface area contributed by atoms with E-state index in [2.05, 4.69) is 12.2 Å². The van der Waals surface area contributed by atoms with Crippen LogP contribution in [-0.4, -0.2) is 0 Å². The van der Waals surface area contributed by atoms with Gasteiger partial charge in [0.15, 0.2) is 17.5 Å². The van der Waals surface area contributed by atoms with Crippen LogP contribution in [-0.2, 0) is 6.42 Å². The molecular weight excluding hydrogens is 261 g/mol. The second kappa shape index (κ2) is 6.96. The molecule has 1 aromatic rings. The molecule has 20 heavy (non-hydrogen) atoms. The van der Waals surface area contributed by atoms with Crippen molar-refractivity contribution in [1.29, 1.82) is 0 Å². The van der Waals surface area contributed by atoms with Gasteiger partial charge in [0.2, 0.25) is 0 Å². The Bertz CT molecular complexity index is 448. The van der Waals surface area contributed by atoms with Gasteiger partial charge in [-0.3, -0.25) is 0 Å². The van der Waals surface area contributed by atoms with Crippen molar-refractivity contribution in [3.63, 3.8) is 0 Å². The molecule has 3 heteroatoms. The first-order valence-corrected chi connectivity index (χ1v) is 7.36. The van der Waals surface area contributed by atoms with E-state index in [-0.39, 0.29) is 0 Å². The Morgan fingerprint density at radius 2 is 1.65 bits per heavy atom. The highest BCUT2D eigenvalue weighted by molar-refractivity contribution is 5.19. The molecule has 1 aliphatic rings. The zero-order valence-electron chi connectivity index (χ0n) is 11.8. The van der Waals surface area contributed by atoms with Crippen LogP contribution < -0.4 is 0 Å². The number of aryl methyl sites for hydroxylation is 1. The van der Waals surface area contributed by atoms with Gasteiger partial charge in [-0.2, -0.15) is 0 Å². The minimum atomic E-state index is -1.37. The van der Waals surface area contributed by atoms with Crippen LogP contribution in [0.2, 0.25) is 0 Å². The molecule has 0 amide bonds. The molecule has 0 nitrogen and oxygen atoms in total. The number of hydrogen-bond donors (Lipinski definition) is 0. The van der Waals surface area contributed by atoms with Crippen molar-refractivity contribution in [2.75, 3.05) is 0 Å². The summed E-state index contributed by atoms with van der Waals surface area (Å²) in [6.07, 6.45) is 10.6. The normalized spacial score (nSPS) is 23.4. The molecule has 0 heterocycles. The van der Waals surface area contributed by atoms with Gasteiger partial charge in [-0.25, -0.2) is 13.2 Å². The first-order valence-electron chi connectivity index (χ1n) is 7.36. The first-order chi connectivity index (χ1) is 9.60. The van der Waals surface area contributed by atoms with Crippen LogP contribution in [0.1, 0.15) is 44.6 Å². The van der Waals surface area contributed by atoms with E-state index in [4.69, 9.17) is 0 Å². The van der Waals surface area contributed by atoms with E-state index in [0.29, 0.717) is 23.8 Å². The van der Waals surface area contributed by atoms with Crippen LogP contribution in [0.5, 0.6) is 0 Å². The molecule has 1 saturated carbocycles. The molecule has 2 rings (SSSR count). The lowest BCUT2D eigenvalue weighted by Crippen LogP contribution is -2.13. The number of rotatable bonds is 4. The van der Waals surface area contributed by atoms with Crippen molar-refractivity contribution in [2.24, 2.45) is 11.8 Å². The van der Waals surface area contributed by atoms with Crippen molar-refractivity contribution in [2.45, 2.75) is 45.4 Å². The molecule has 0 radical (unpaired) electrons. The average molecular weight is 282 g/mol. The van der Waals surface area contributed by atoms with Gasteiger partial charge in [0, 0.05) is 0 Å². The van der Waals surface area contributed by atoms with Gasteiger partial charge in [0.05, 0.1) is 0 Å². The molecule has 0 bridgehead atoms. The molecule has 0 atom stereocenters. The van der Waals surface area contributed by atoms with E-state index in [1.807, 2.05) is 6.92 Å². The summed E-state index contributed by atoms with van der Waals surface area (Å²) in [6.45, 7) is 2.05. The highest BCUT2D eigenvalue weighted by Crippen LogP contribution is 2.32.